The fraction of sp³-hybridized carbons (Fsp3) is 0.361. The Morgan fingerprint density at radius 3 is 2.47 bits per heavy atom. The lowest BCUT2D eigenvalue weighted by Crippen LogP contribution is -2.59. The Balaban J connectivity index is 1.08. The van der Waals surface area contributed by atoms with E-state index in [4.69, 9.17) is 14.5 Å². The number of ether oxygens (including phenoxy) is 2. The lowest BCUT2D eigenvalue weighted by molar-refractivity contribution is -0.000512. The van der Waals surface area contributed by atoms with Crippen molar-refractivity contribution in [3.8, 4) is 10.6 Å². The van der Waals surface area contributed by atoms with Crippen LogP contribution in [0.3, 0.4) is 0 Å². The SMILES string of the molecule is CCOC(=O)c1cc2c(s1)-c1ncc(C)cc1N(C(=O)c1ccc(NC(=O)c3cc(C)cnc3N3CC4(CCOCC4)C3)cc1)CC2. The Hall–Kier alpha value is -4.61. The number of esters is 1. The van der Waals surface area contributed by atoms with Crippen molar-refractivity contribution in [3.05, 3.63) is 87.6 Å². The van der Waals surface area contributed by atoms with Crippen molar-refractivity contribution in [2.45, 2.75) is 40.0 Å². The van der Waals surface area contributed by atoms with E-state index < -0.39 is 0 Å². The van der Waals surface area contributed by atoms with Gasteiger partial charge in [-0.15, -0.1) is 11.3 Å². The van der Waals surface area contributed by atoms with Gasteiger partial charge in [0.1, 0.15) is 16.4 Å². The number of carbonyl (C=O) groups excluding carboxylic acids is 3. The van der Waals surface area contributed by atoms with Crippen LogP contribution in [-0.4, -0.2) is 67.2 Å². The number of aryl methyl sites for hydroxylation is 2. The highest BCUT2D eigenvalue weighted by atomic mass is 32.1. The van der Waals surface area contributed by atoms with E-state index in [1.165, 1.54) is 11.3 Å². The minimum absolute atomic E-state index is 0.165. The number of benzene rings is 1. The van der Waals surface area contributed by atoms with Crippen LogP contribution in [0.1, 0.15) is 66.8 Å². The molecule has 0 atom stereocenters. The molecule has 2 amide bonds. The van der Waals surface area contributed by atoms with Crippen molar-refractivity contribution >= 4 is 46.3 Å². The van der Waals surface area contributed by atoms with Crippen LogP contribution < -0.4 is 15.1 Å². The minimum atomic E-state index is -0.349. The van der Waals surface area contributed by atoms with Crippen molar-refractivity contribution in [3.63, 3.8) is 0 Å². The van der Waals surface area contributed by atoms with Gasteiger partial charge in [0.25, 0.3) is 11.8 Å². The lowest BCUT2D eigenvalue weighted by Gasteiger charge is -2.53. The molecule has 0 saturated carbocycles. The van der Waals surface area contributed by atoms with Crippen molar-refractivity contribution < 1.29 is 23.9 Å². The van der Waals surface area contributed by atoms with E-state index in [-0.39, 0.29) is 23.2 Å². The molecule has 7 rings (SSSR count). The van der Waals surface area contributed by atoms with Crippen LogP contribution in [0.2, 0.25) is 0 Å². The molecular weight excluding hydrogens is 614 g/mol. The highest BCUT2D eigenvalue weighted by Gasteiger charge is 2.45. The topological polar surface area (TPSA) is 114 Å². The summed E-state index contributed by atoms with van der Waals surface area (Å²) < 4.78 is 10.8. The van der Waals surface area contributed by atoms with Crippen molar-refractivity contribution in [2.24, 2.45) is 5.41 Å². The maximum atomic E-state index is 14.0. The number of anilines is 3. The Morgan fingerprint density at radius 2 is 1.72 bits per heavy atom. The molecule has 0 radical (unpaired) electrons. The molecule has 11 heteroatoms. The van der Waals surface area contributed by atoms with Gasteiger partial charge in [0.05, 0.1) is 22.7 Å². The highest BCUT2D eigenvalue weighted by Crippen LogP contribution is 2.43. The first-order valence-electron chi connectivity index (χ1n) is 16.0. The lowest BCUT2D eigenvalue weighted by atomic mass is 9.73. The Bertz CT molecular complexity index is 1860. The number of aromatic nitrogens is 2. The first kappa shape index (κ1) is 31.0. The van der Waals surface area contributed by atoms with Gasteiger partial charge in [0, 0.05) is 61.9 Å². The van der Waals surface area contributed by atoms with Crippen LogP contribution in [0.5, 0.6) is 0 Å². The summed E-state index contributed by atoms with van der Waals surface area (Å²) >= 11 is 1.35. The molecule has 10 nitrogen and oxygen atoms in total. The summed E-state index contributed by atoms with van der Waals surface area (Å²) in [7, 11) is 0. The largest absolute Gasteiger partial charge is 0.462 e. The standard InChI is InChI=1S/C36H37N5O5S/c1-4-46-35(44)29-17-25-9-12-41(28-16-23(3)18-37-30(28)31(25)47-29)34(43)24-5-7-26(8-6-24)39-33(42)27-15-22(2)19-38-32(27)40-20-36(21-40)10-13-45-14-11-36/h5-8,15-19H,4,9-14,20-21H2,1-3H3,(H,39,42). The fourth-order valence-corrected chi connectivity index (χ4v) is 7.79. The Kier molecular flexibility index (Phi) is 8.27. The third kappa shape index (κ3) is 6.01. The second-order valence-electron chi connectivity index (χ2n) is 12.7. The van der Waals surface area contributed by atoms with E-state index in [1.54, 1.807) is 48.5 Å². The molecule has 3 aromatic heterocycles. The smallest absolute Gasteiger partial charge is 0.348 e. The molecule has 0 unspecified atom stereocenters. The average Bonchev–Trinajstić information content (AvgIpc) is 3.42. The van der Waals surface area contributed by atoms with Gasteiger partial charge in [-0.25, -0.2) is 9.78 Å². The zero-order valence-corrected chi connectivity index (χ0v) is 27.6. The quantitative estimate of drug-likeness (QED) is 0.250. The van der Waals surface area contributed by atoms with Crippen molar-refractivity contribution in [1.82, 2.24) is 9.97 Å². The average molecular weight is 652 g/mol. The van der Waals surface area contributed by atoms with Gasteiger partial charge in [-0.3, -0.25) is 14.6 Å². The molecule has 4 aromatic rings. The molecule has 3 aliphatic heterocycles. The van der Waals surface area contributed by atoms with E-state index in [0.717, 1.165) is 60.7 Å². The highest BCUT2D eigenvalue weighted by molar-refractivity contribution is 7.17. The van der Waals surface area contributed by atoms with E-state index in [1.807, 2.05) is 32.0 Å². The van der Waals surface area contributed by atoms with Crippen LogP contribution in [0.25, 0.3) is 10.6 Å². The molecule has 6 heterocycles. The molecule has 47 heavy (non-hydrogen) atoms. The fourth-order valence-electron chi connectivity index (χ4n) is 6.68. The number of fused-ring (bicyclic) bond motifs is 3. The van der Waals surface area contributed by atoms with Gasteiger partial charge in [0.2, 0.25) is 0 Å². The van der Waals surface area contributed by atoms with Crippen LogP contribution in [-0.2, 0) is 15.9 Å². The number of pyridine rings is 2. The number of hydrogen-bond donors (Lipinski definition) is 1. The molecular formula is C36H37N5O5S. The normalized spacial score (nSPS) is 16.5. The number of amides is 2. The van der Waals surface area contributed by atoms with Gasteiger partial charge in [-0.1, -0.05) is 0 Å². The summed E-state index contributed by atoms with van der Waals surface area (Å²) in [5.74, 6) is -0.0522. The zero-order valence-electron chi connectivity index (χ0n) is 26.8. The molecule has 0 bridgehead atoms. The van der Waals surface area contributed by atoms with Gasteiger partial charge in [0.15, 0.2) is 0 Å². The molecule has 0 aliphatic carbocycles. The van der Waals surface area contributed by atoms with Crippen molar-refractivity contribution in [1.29, 1.82) is 0 Å². The molecule has 3 aliphatic rings. The first-order valence-corrected chi connectivity index (χ1v) is 16.8. The predicted octanol–water partition coefficient (Wildman–Crippen LogP) is 6.07. The number of rotatable bonds is 6. The molecule has 2 fully saturated rings. The van der Waals surface area contributed by atoms with Crippen LogP contribution in [0.4, 0.5) is 17.2 Å². The monoisotopic (exact) mass is 651 g/mol. The van der Waals surface area contributed by atoms with Crippen molar-refractivity contribution in [2.75, 3.05) is 54.6 Å². The van der Waals surface area contributed by atoms with Crippen LogP contribution in [0, 0.1) is 19.3 Å². The van der Waals surface area contributed by atoms with E-state index in [2.05, 4.69) is 15.2 Å². The summed E-state index contributed by atoms with van der Waals surface area (Å²) in [5, 5.41) is 3.01. The molecule has 1 N–H and O–H groups in total. The number of nitrogens with one attached hydrogen (secondary N) is 1. The summed E-state index contributed by atoms with van der Waals surface area (Å²) in [4.78, 5) is 54.7. The van der Waals surface area contributed by atoms with Crippen LogP contribution in [0.15, 0.2) is 54.9 Å². The maximum Gasteiger partial charge on any atom is 0.348 e. The summed E-state index contributed by atoms with van der Waals surface area (Å²) in [6, 6.07) is 12.7. The third-order valence-corrected chi connectivity index (χ3v) is 10.4. The molecule has 1 aromatic carbocycles. The maximum absolute atomic E-state index is 14.0. The molecule has 1 spiro atoms. The number of thiophene rings is 1. The van der Waals surface area contributed by atoms with E-state index in [9.17, 15) is 14.4 Å². The van der Waals surface area contributed by atoms with Gasteiger partial charge < -0.3 is 24.6 Å². The van der Waals surface area contributed by atoms with E-state index >= 15 is 0 Å². The minimum Gasteiger partial charge on any atom is -0.462 e. The first-order chi connectivity index (χ1) is 22.7. The number of hydrogen-bond acceptors (Lipinski definition) is 9. The summed E-state index contributed by atoms with van der Waals surface area (Å²) in [6.45, 7) is 9.71. The third-order valence-electron chi connectivity index (χ3n) is 9.19. The Morgan fingerprint density at radius 1 is 1.00 bits per heavy atom. The van der Waals surface area contributed by atoms with Gasteiger partial charge >= 0.3 is 5.97 Å². The van der Waals surface area contributed by atoms with Crippen LogP contribution >= 0.6 is 11.3 Å². The zero-order chi connectivity index (χ0) is 32.7. The second kappa shape index (κ2) is 12.5. The summed E-state index contributed by atoms with van der Waals surface area (Å²) in [6.07, 6.45) is 6.22. The van der Waals surface area contributed by atoms with E-state index in [0.29, 0.717) is 58.5 Å². The number of nitrogens with zero attached hydrogens (tertiary/aromatic N) is 4. The second-order valence-corrected chi connectivity index (χ2v) is 13.7. The predicted molar refractivity (Wildman–Crippen MR) is 182 cm³/mol. The number of carbonyl (C=O) groups is 3. The Labute approximate surface area is 277 Å². The van der Waals surface area contributed by atoms with Gasteiger partial charge in [-0.05, 0) is 99.2 Å². The molecule has 2 saturated heterocycles. The van der Waals surface area contributed by atoms with Gasteiger partial charge in [-0.2, -0.15) is 0 Å². The molecule has 242 valence electrons. The summed E-state index contributed by atoms with van der Waals surface area (Å²) in [5.41, 5.74) is 6.06.